The fourth-order valence-corrected chi connectivity index (χ4v) is 4.33. The minimum atomic E-state index is -0.303. The molecule has 0 atom stereocenters. The maximum absolute atomic E-state index is 11.9. The normalized spacial score (nSPS) is 16.8. The molecule has 124 valence electrons. The maximum Gasteiger partial charge on any atom is 0.348 e. The van der Waals surface area contributed by atoms with Gasteiger partial charge in [-0.2, -0.15) is 0 Å². The van der Waals surface area contributed by atoms with Crippen molar-refractivity contribution >= 4 is 33.3 Å². The van der Waals surface area contributed by atoms with Crippen LogP contribution in [-0.2, 0) is 4.74 Å². The predicted octanol–water partition coefficient (Wildman–Crippen LogP) is 4.31. The fraction of sp³-hybridized carbons (Fsp3) is 0.588. The van der Waals surface area contributed by atoms with Gasteiger partial charge in [0, 0.05) is 6.04 Å². The molecule has 0 saturated heterocycles. The summed E-state index contributed by atoms with van der Waals surface area (Å²) >= 11 is 1.37. The average Bonchev–Trinajstić information content (AvgIpc) is 2.87. The second-order valence-electron chi connectivity index (χ2n) is 6.14. The number of nitrogens with zero attached hydrogens (tertiary/aromatic N) is 2. The summed E-state index contributed by atoms with van der Waals surface area (Å²) in [6.07, 6.45) is 10.5. The molecule has 0 bridgehead atoms. The van der Waals surface area contributed by atoms with Crippen LogP contribution in [0.3, 0.4) is 0 Å². The van der Waals surface area contributed by atoms with Gasteiger partial charge in [-0.15, -0.1) is 11.3 Å². The number of fused-ring (bicyclic) bond motifs is 1. The molecule has 0 unspecified atom stereocenters. The van der Waals surface area contributed by atoms with Crippen LogP contribution in [0, 0.1) is 6.92 Å². The summed E-state index contributed by atoms with van der Waals surface area (Å²) in [7, 11) is 1.41. The van der Waals surface area contributed by atoms with E-state index in [4.69, 9.17) is 4.74 Å². The molecule has 2 aromatic rings. The lowest BCUT2D eigenvalue weighted by atomic mass is 9.96. The number of hydrogen-bond donors (Lipinski definition) is 1. The Labute approximate surface area is 140 Å². The first-order valence-electron chi connectivity index (χ1n) is 8.29. The first-order chi connectivity index (χ1) is 11.2. The van der Waals surface area contributed by atoms with E-state index in [-0.39, 0.29) is 5.97 Å². The van der Waals surface area contributed by atoms with Gasteiger partial charge in [0.1, 0.15) is 21.9 Å². The highest BCUT2D eigenvalue weighted by Gasteiger charge is 2.21. The van der Waals surface area contributed by atoms with Crippen molar-refractivity contribution in [2.24, 2.45) is 0 Å². The van der Waals surface area contributed by atoms with E-state index in [2.05, 4.69) is 15.3 Å². The number of hydrogen-bond acceptors (Lipinski definition) is 6. The molecule has 0 radical (unpaired) electrons. The highest BCUT2D eigenvalue weighted by atomic mass is 32.1. The quantitative estimate of drug-likeness (QED) is 0.848. The van der Waals surface area contributed by atoms with Gasteiger partial charge < -0.3 is 10.1 Å². The highest BCUT2D eigenvalue weighted by molar-refractivity contribution is 7.20. The first kappa shape index (κ1) is 16.2. The Morgan fingerprint density at radius 1 is 1.22 bits per heavy atom. The van der Waals surface area contributed by atoms with Crippen molar-refractivity contribution in [3.63, 3.8) is 0 Å². The van der Waals surface area contributed by atoms with E-state index in [9.17, 15) is 4.79 Å². The zero-order chi connectivity index (χ0) is 16.2. The Balaban J connectivity index is 1.90. The van der Waals surface area contributed by atoms with E-state index in [1.165, 1.54) is 63.4 Å². The molecule has 1 fully saturated rings. The molecule has 0 aliphatic heterocycles. The van der Waals surface area contributed by atoms with Crippen molar-refractivity contribution in [1.29, 1.82) is 0 Å². The van der Waals surface area contributed by atoms with Gasteiger partial charge in [0.25, 0.3) is 0 Å². The molecule has 1 aliphatic rings. The van der Waals surface area contributed by atoms with Crippen molar-refractivity contribution in [1.82, 2.24) is 9.97 Å². The minimum Gasteiger partial charge on any atom is -0.465 e. The van der Waals surface area contributed by atoms with Crippen LogP contribution in [0.4, 0.5) is 5.82 Å². The number of esters is 1. The van der Waals surface area contributed by atoms with Gasteiger partial charge >= 0.3 is 5.97 Å². The summed E-state index contributed by atoms with van der Waals surface area (Å²) in [5.74, 6) is 0.548. The summed E-state index contributed by atoms with van der Waals surface area (Å²) in [5, 5.41) is 4.56. The molecule has 6 heteroatoms. The fourth-order valence-electron chi connectivity index (χ4n) is 3.26. The Morgan fingerprint density at radius 2 is 1.91 bits per heavy atom. The lowest BCUT2D eigenvalue weighted by molar-refractivity contribution is 0.0605. The van der Waals surface area contributed by atoms with Crippen LogP contribution in [-0.4, -0.2) is 29.1 Å². The van der Waals surface area contributed by atoms with E-state index >= 15 is 0 Å². The molecule has 0 aromatic carbocycles. The van der Waals surface area contributed by atoms with Crippen molar-refractivity contribution in [2.45, 2.75) is 57.9 Å². The monoisotopic (exact) mass is 333 g/mol. The molecule has 5 nitrogen and oxygen atoms in total. The number of methoxy groups -OCH3 is 1. The number of carbonyl (C=O) groups excluding carboxylic acids is 1. The molecule has 1 N–H and O–H groups in total. The summed E-state index contributed by atoms with van der Waals surface area (Å²) < 4.78 is 4.87. The van der Waals surface area contributed by atoms with Crippen LogP contribution in [0.15, 0.2) is 6.33 Å². The van der Waals surface area contributed by atoms with Crippen LogP contribution in [0.1, 0.15) is 60.2 Å². The van der Waals surface area contributed by atoms with Crippen LogP contribution >= 0.6 is 11.3 Å². The number of aromatic nitrogens is 2. The van der Waals surface area contributed by atoms with Crippen LogP contribution in [0.5, 0.6) is 0 Å². The molecular formula is C17H23N3O2S. The summed E-state index contributed by atoms with van der Waals surface area (Å²) in [6.45, 7) is 1.94. The lowest BCUT2D eigenvalue weighted by Crippen LogP contribution is -2.21. The van der Waals surface area contributed by atoms with Gasteiger partial charge in [-0.1, -0.05) is 32.1 Å². The average molecular weight is 333 g/mol. The van der Waals surface area contributed by atoms with Crippen molar-refractivity contribution < 1.29 is 9.53 Å². The zero-order valence-electron chi connectivity index (χ0n) is 13.7. The van der Waals surface area contributed by atoms with E-state index in [1.807, 2.05) is 6.92 Å². The second-order valence-corrected chi connectivity index (χ2v) is 7.14. The zero-order valence-corrected chi connectivity index (χ0v) is 14.5. The molecule has 23 heavy (non-hydrogen) atoms. The van der Waals surface area contributed by atoms with E-state index in [0.717, 1.165) is 21.6 Å². The van der Waals surface area contributed by atoms with E-state index in [1.54, 1.807) is 6.33 Å². The number of nitrogens with one attached hydrogen (secondary N) is 1. The standard InChI is InChI=1S/C17H23N3O2S/c1-11-13-15(20-12-8-6-4-3-5-7-9-12)18-10-19-16(13)23-14(11)17(21)22-2/h10,12H,3-9H2,1-2H3,(H,18,19,20). The second kappa shape index (κ2) is 7.25. The van der Waals surface area contributed by atoms with Crippen LogP contribution < -0.4 is 5.32 Å². The number of thiophene rings is 1. The van der Waals surface area contributed by atoms with Gasteiger partial charge in [0.15, 0.2) is 0 Å². The van der Waals surface area contributed by atoms with E-state index in [0.29, 0.717) is 10.9 Å². The van der Waals surface area contributed by atoms with Crippen molar-refractivity contribution in [2.75, 3.05) is 12.4 Å². The number of rotatable bonds is 3. The van der Waals surface area contributed by atoms with Gasteiger partial charge in [-0.25, -0.2) is 14.8 Å². The maximum atomic E-state index is 11.9. The minimum absolute atomic E-state index is 0.303. The van der Waals surface area contributed by atoms with Crippen molar-refractivity contribution in [3.05, 3.63) is 16.8 Å². The third-order valence-electron chi connectivity index (χ3n) is 4.54. The lowest BCUT2D eigenvalue weighted by Gasteiger charge is -2.22. The molecule has 1 saturated carbocycles. The number of aryl methyl sites for hydroxylation is 1. The van der Waals surface area contributed by atoms with Gasteiger partial charge in [0.05, 0.1) is 12.5 Å². The number of anilines is 1. The molecule has 3 rings (SSSR count). The van der Waals surface area contributed by atoms with E-state index < -0.39 is 0 Å². The smallest absolute Gasteiger partial charge is 0.348 e. The third kappa shape index (κ3) is 3.47. The van der Waals surface area contributed by atoms with Crippen LogP contribution in [0.2, 0.25) is 0 Å². The Morgan fingerprint density at radius 3 is 2.61 bits per heavy atom. The predicted molar refractivity (Wildman–Crippen MR) is 93.2 cm³/mol. The Bertz CT molecular complexity index is 690. The number of ether oxygens (including phenoxy) is 1. The summed E-state index contributed by atoms with van der Waals surface area (Å²) in [4.78, 5) is 22.1. The Kier molecular flexibility index (Phi) is 5.10. The van der Waals surface area contributed by atoms with Gasteiger partial charge in [-0.05, 0) is 25.3 Å². The topological polar surface area (TPSA) is 64.1 Å². The van der Waals surface area contributed by atoms with Gasteiger partial charge in [0.2, 0.25) is 0 Å². The van der Waals surface area contributed by atoms with Gasteiger partial charge in [-0.3, -0.25) is 0 Å². The van der Waals surface area contributed by atoms with Crippen LogP contribution in [0.25, 0.3) is 10.2 Å². The Hall–Kier alpha value is -1.69. The summed E-state index contributed by atoms with van der Waals surface area (Å²) in [6, 6.07) is 0.453. The van der Waals surface area contributed by atoms with Crippen molar-refractivity contribution in [3.8, 4) is 0 Å². The summed E-state index contributed by atoms with van der Waals surface area (Å²) in [5.41, 5.74) is 0.908. The third-order valence-corrected chi connectivity index (χ3v) is 5.72. The molecule has 0 spiro atoms. The molecule has 2 heterocycles. The molecule has 2 aromatic heterocycles. The number of carbonyl (C=O) groups is 1. The first-order valence-corrected chi connectivity index (χ1v) is 9.11. The molecular weight excluding hydrogens is 310 g/mol. The SMILES string of the molecule is COC(=O)c1sc2ncnc(NC3CCCCCCC3)c2c1C. The largest absolute Gasteiger partial charge is 0.465 e. The molecule has 1 aliphatic carbocycles. The highest BCUT2D eigenvalue weighted by Crippen LogP contribution is 2.34. The molecule has 0 amide bonds.